The SMILES string of the molecule is CC(C)N(C)C(=O)Cn1ccc2ccc(Cl)cc21. The Labute approximate surface area is 112 Å². The quantitative estimate of drug-likeness (QED) is 0.836. The Kier molecular flexibility index (Phi) is 3.62. The smallest absolute Gasteiger partial charge is 0.242 e. The molecule has 96 valence electrons. The van der Waals surface area contributed by atoms with Crippen molar-refractivity contribution in [3.63, 3.8) is 0 Å². The van der Waals surface area contributed by atoms with Gasteiger partial charge in [0.2, 0.25) is 5.91 Å². The number of amides is 1. The molecule has 0 N–H and O–H groups in total. The molecule has 1 aromatic carbocycles. The molecule has 0 bridgehead atoms. The summed E-state index contributed by atoms with van der Waals surface area (Å²) >= 11 is 5.99. The van der Waals surface area contributed by atoms with Gasteiger partial charge in [-0.1, -0.05) is 17.7 Å². The van der Waals surface area contributed by atoms with Gasteiger partial charge in [-0.15, -0.1) is 0 Å². The van der Waals surface area contributed by atoms with Crippen LogP contribution in [0, 0.1) is 0 Å². The number of aromatic nitrogens is 1. The number of nitrogens with zero attached hydrogens (tertiary/aromatic N) is 2. The molecule has 2 aromatic rings. The van der Waals surface area contributed by atoms with E-state index >= 15 is 0 Å². The highest BCUT2D eigenvalue weighted by Crippen LogP contribution is 2.20. The topological polar surface area (TPSA) is 25.2 Å². The van der Waals surface area contributed by atoms with E-state index in [-0.39, 0.29) is 11.9 Å². The van der Waals surface area contributed by atoms with E-state index in [9.17, 15) is 4.79 Å². The standard InChI is InChI=1S/C14H17ClN2O/c1-10(2)16(3)14(18)9-17-7-6-11-4-5-12(15)8-13(11)17/h4-8,10H,9H2,1-3H3. The fourth-order valence-electron chi connectivity index (χ4n) is 1.84. The first-order valence-electron chi connectivity index (χ1n) is 5.99. The minimum Gasteiger partial charge on any atom is -0.342 e. The molecule has 0 aliphatic rings. The van der Waals surface area contributed by atoms with Crippen LogP contribution >= 0.6 is 11.6 Å². The predicted octanol–water partition coefficient (Wildman–Crippen LogP) is 3.16. The van der Waals surface area contributed by atoms with Crippen LogP contribution in [-0.4, -0.2) is 28.5 Å². The van der Waals surface area contributed by atoms with Gasteiger partial charge >= 0.3 is 0 Å². The van der Waals surface area contributed by atoms with E-state index < -0.39 is 0 Å². The molecule has 18 heavy (non-hydrogen) atoms. The molecule has 0 aliphatic heterocycles. The highest BCUT2D eigenvalue weighted by atomic mass is 35.5. The Hall–Kier alpha value is -1.48. The number of benzene rings is 1. The average Bonchev–Trinajstić information content (AvgIpc) is 2.70. The number of carbonyl (C=O) groups is 1. The first-order valence-corrected chi connectivity index (χ1v) is 6.37. The van der Waals surface area contributed by atoms with Crippen LogP contribution in [0.4, 0.5) is 0 Å². The summed E-state index contributed by atoms with van der Waals surface area (Å²) in [5.41, 5.74) is 0.994. The Morgan fingerprint density at radius 1 is 1.39 bits per heavy atom. The monoisotopic (exact) mass is 264 g/mol. The van der Waals surface area contributed by atoms with Crippen molar-refractivity contribution in [1.82, 2.24) is 9.47 Å². The summed E-state index contributed by atoms with van der Waals surface area (Å²) in [4.78, 5) is 13.8. The minimum atomic E-state index is 0.0995. The van der Waals surface area contributed by atoms with Crippen molar-refractivity contribution in [2.75, 3.05) is 7.05 Å². The second kappa shape index (κ2) is 5.02. The predicted molar refractivity (Wildman–Crippen MR) is 74.9 cm³/mol. The molecule has 1 aromatic heterocycles. The lowest BCUT2D eigenvalue weighted by atomic mass is 10.2. The van der Waals surface area contributed by atoms with E-state index in [1.165, 1.54) is 0 Å². The third-order valence-electron chi connectivity index (χ3n) is 3.21. The molecule has 0 aliphatic carbocycles. The zero-order valence-electron chi connectivity index (χ0n) is 10.9. The molecule has 2 rings (SSSR count). The molecular formula is C14H17ClN2O. The van der Waals surface area contributed by atoms with E-state index in [4.69, 9.17) is 11.6 Å². The third-order valence-corrected chi connectivity index (χ3v) is 3.44. The molecule has 4 heteroatoms. The average molecular weight is 265 g/mol. The van der Waals surface area contributed by atoms with Crippen LogP contribution in [0.5, 0.6) is 0 Å². The highest BCUT2D eigenvalue weighted by molar-refractivity contribution is 6.31. The molecule has 0 radical (unpaired) electrons. The summed E-state index contributed by atoms with van der Waals surface area (Å²) < 4.78 is 1.93. The molecule has 0 atom stereocenters. The third kappa shape index (κ3) is 2.51. The van der Waals surface area contributed by atoms with Crippen LogP contribution in [0.25, 0.3) is 10.9 Å². The first kappa shape index (κ1) is 13.0. The molecule has 1 amide bonds. The molecule has 0 saturated carbocycles. The molecule has 3 nitrogen and oxygen atoms in total. The number of likely N-dealkylation sites (N-methyl/N-ethyl adjacent to an activating group) is 1. The maximum Gasteiger partial charge on any atom is 0.242 e. The molecule has 1 heterocycles. The summed E-state index contributed by atoms with van der Waals surface area (Å²) in [5, 5.41) is 1.78. The fourth-order valence-corrected chi connectivity index (χ4v) is 2.01. The van der Waals surface area contributed by atoms with Crippen molar-refractivity contribution < 1.29 is 4.79 Å². The number of fused-ring (bicyclic) bond motifs is 1. The van der Waals surface area contributed by atoms with Gasteiger partial charge in [-0.25, -0.2) is 0 Å². The minimum absolute atomic E-state index is 0.0995. The number of halogens is 1. The lowest BCUT2D eigenvalue weighted by Gasteiger charge is -2.21. The number of hydrogen-bond donors (Lipinski definition) is 0. The zero-order chi connectivity index (χ0) is 13.3. The molecule has 0 fully saturated rings. The number of carbonyl (C=O) groups excluding carboxylic acids is 1. The zero-order valence-corrected chi connectivity index (χ0v) is 11.6. The highest BCUT2D eigenvalue weighted by Gasteiger charge is 2.13. The maximum atomic E-state index is 12.1. The van der Waals surface area contributed by atoms with Gasteiger partial charge in [-0.3, -0.25) is 4.79 Å². The van der Waals surface area contributed by atoms with Gasteiger partial charge in [0.25, 0.3) is 0 Å². The van der Waals surface area contributed by atoms with Crippen molar-refractivity contribution in [3.8, 4) is 0 Å². The van der Waals surface area contributed by atoms with Crippen molar-refractivity contribution in [2.45, 2.75) is 26.4 Å². The van der Waals surface area contributed by atoms with Crippen LogP contribution < -0.4 is 0 Å². The van der Waals surface area contributed by atoms with E-state index in [0.29, 0.717) is 11.6 Å². The van der Waals surface area contributed by atoms with Crippen molar-refractivity contribution in [1.29, 1.82) is 0 Å². The Morgan fingerprint density at radius 2 is 2.11 bits per heavy atom. The summed E-state index contributed by atoms with van der Waals surface area (Å²) in [5.74, 6) is 0.0995. The van der Waals surface area contributed by atoms with Crippen LogP contribution in [0.1, 0.15) is 13.8 Å². The number of rotatable bonds is 3. The molecule has 0 spiro atoms. The van der Waals surface area contributed by atoms with Crippen molar-refractivity contribution >= 4 is 28.4 Å². The Morgan fingerprint density at radius 3 is 2.78 bits per heavy atom. The summed E-state index contributed by atoms with van der Waals surface area (Å²) in [6.45, 7) is 4.35. The van der Waals surface area contributed by atoms with E-state index in [1.54, 1.807) is 4.90 Å². The van der Waals surface area contributed by atoms with Crippen LogP contribution in [0.2, 0.25) is 5.02 Å². The molecule has 0 unspecified atom stereocenters. The lowest BCUT2D eigenvalue weighted by molar-refractivity contribution is -0.131. The van der Waals surface area contributed by atoms with Gasteiger partial charge in [0, 0.05) is 29.8 Å². The van der Waals surface area contributed by atoms with E-state index in [2.05, 4.69) is 0 Å². The van der Waals surface area contributed by atoms with Crippen molar-refractivity contribution in [2.24, 2.45) is 0 Å². The summed E-state index contributed by atoms with van der Waals surface area (Å²) in [6, 6.07) is 7.91. The maximum absolute atomic E-state index is 12.1. The Balaban J connectivity index is 2.27. The van der Waals surface area contributed by atoms with Crippen molar-refractivity contribution in [3.05, 3.63) is 35.5 Å². The van der Waals surface area contributed by atoms with E-state index in [0.717, 1.165) is 10.9 Å². The number of hydrogen-bond acceptors (Lipinski definition) is 1. The lowest BCUT2D eigenvalue weighted by Crippen LogP contribution is -2.35. The van der Waals surface area contributed by atoms with Crippen LogP contribution in [-0.2, 0) is 11.3 Å². The molecule has 0 saturated heterocycles. The van der Waals surface area contributed by atoms with Gasteiger partial charge in [0.1, 0.15) is 6.54 Å². The summed E-state index contributed by atoms with van der Waals surface area (Å²) in [6.07, 6.45) is 1.92. The normalized spacial score (nSPS) is 11.2. The second-order valence-corrected chi connectivity index (χ2v) is 5.18. The fraction of sp³-hybridized carbons (Fsp3) is 0.357. The summed E-state index contributed by atoms with van der Waals surface area (Å²) in [7, 11) is 1.83. The van der Waals surface area contributed by atoms with Crippen LogP contribution in [0.15, 0.2) is 30.5 Å². The van der Waals surface area contributed by atoms with Gasteiger partial charge in [0.15, 0.2) is 0 Å². The Bertz CT molecular complexity index is 574. The van der Waals surface area contributed by atoms with Gasteiger partial charge in [0.05, 0.1) is 0 Å². The van der Waals surface area contributed by atoms with Crippen LogP contribution in [0.3, 0.4) is 0 Å². The van der Waals surface area contributed by atoms with Gasteiger partial charge in [-0.2, -0.15) is 0 Å². The van der Waals surface area contributed by atoms with Gasteiger partial charge < -0.3 is 9.47 Å². The second-order valence-electron chi connectivity index (χ2n) is 4.75. The van der Waals surface area contributed by atoms with E-state index in [1.807, 2.05) is 55.9 Å². The largest absolute Gasteiger partial charge is 0.342 e. The molecular weight excluding hydrogens is 248 g/mol. The first-order chi connectivity index (χ1) is 8.49. The van der Waals surface area contributed by atoms with Gasteiger partial charge in [-0.05, 0) is 37.4 Å².